The van der Waals surface area contributed by atoms with Crippen molar-refractivity contribution in [3.8, 4) is 0 Å². The number of anilines is 1. The molecular weight excluding hydrogens is 416 g/mol. The van der Waals surface area contributed by atoms with Crippen LogP contribution in [0.15, 0.2) is 34.0 Å². The number of nitrogens with zero attached hydrogens (tertiary/aromatic N) is 4. The van der Waals surface area contributed by atoms with Crippen LogP contribution in [0.1, 0.15) is 34.2 Å². The molecule has 1 saturated carbocycles. The van der Waals surface area contributed by atoms with Crippen molar-refractivity contribution < 1.29 is 4.79 Å². The van der Waals surface area contributed by atoms with Gasteiger partial charge >= 0.3 is 5.69 Å². The predicted octanol–water partition coefficient (Wildman–Crippen LogP) is 1.16. The number of fused-ring (bicyclic) bond motifs is 1. The number of aromatic amines is 1. The SMILES string of the molecule is CNC(=O)c1ccc(N2CCN(Cc3cc4[nH]c(=O)n(C5CC5)c(=O)c4s3)CC2)cn1. The highest BCUT2D eigenvalue weighted by Crippen LogP contribution is 2.33. The zero-order valence-corrected chi connectivity index (χ0v) is 18.1. The van der Waals surface area contributed by atoms with Crippen LogP contribution in [0.5, 0.6) is 0 Å². The fourth-order valence-electron chi connectivity index (χ4n) is 4.03. The molecule has 0 radical (unpaired) electrons. The third-order valence-electron chi connectivity index (χ3n) is 5.89. The highest BCUT2D eigenvalue weighted by atomic mass is 32.1. The van der Waals surface area contributed by atoms with Gasteiger partial charge in [-0.15, -0.1) is 11.3 Å². The second-order valence-corrected chi connectivity index (χ2v) is 9.17. The molecule has 5 rings (SSSR count). The van der Waals surface area contributed by atoms with Gasteiger partial charge in [-0.25, -0.2) is 9.78 Å². The quantitative estimate of drug-likeness (QED) is 0.617. The van der Waals surface area contributed by atoms with E-state index in [1.807, 2.05) is 12.1 Å². The minimum absolute atomic E-state index is 0.0687. The van der Waals surface area contributed by atoms with Crippen LogP contribution in [0.2, 0.25) is 0 Å². The Labute approximate surface area is 182 Å². The Bertz CT molecular complexity index is 1230. The zero-order valence-electron chi connectivity index (χ0n) is 17.3. The lowest BCUT2D eigenvalue weighted by atomic mass is 10.2. The normalized spacial score (nSPS) is 17.3. The molecule has 3 aromatic heterocycles. The smallest absolute Gasteiger partial charge is 0.329 e. The van der Waals surface area contributed by atoms with Gasteiger partial charge in [0.25, 0.3) is 11.5 Å². The molecule has 1 aliphatic carbocycles. The first kappa shape index (κ1) is 20.0. The Kier molecular flexibility index (Phi) is 5.11. The second-order valence-electron chi connectivity index (χ2n) is 8.04. The molecule has 31 heavy (non-hydrogen) atoms. The zero-order chi connectivity index (χ0) is 21.5. The third-order valence-corrected chi connectivity index (χ3v) is 7.00. The van der Waals surface area contributed by atoms with Crippen molar-refractivity contribution >= 4 is 33.1 Å². The maximum atomic E-state index is 12.7. The van der Waals surface area contributed by atoms with Crippen molar-refractivity contribution in [1.82, 2.24) is 24.8 Å². The first-order valence-electron chi connectivity index (χ1n) is 10.5. The van der Waals surface area contributed by atoms with Crippen molar-refractivity contribution in [2.24, 2.45) is 0 Å². The topological polar surface area (TPSA) is 103 Å². The van der Waals surface area contributed by atoms with Gasteiger partial charge in [-0.2, -0.15) is 0 Å². The molecule has 4 heterocycles. The number of rotatable bonds is 5. The molecule has 0 atom stereocenters. The van der Waals surface area contributed by atoms with Crippen molar-refractivity contribution in [1.29, 1.82) is 0 Å². The number of piperazine rings is 1. The number of H-pyrrole nitrogens is 1. The monoisotopic (exact) mass is 440 g/mol. The lowest BCUT2D eigenvalue weighted by Gasteiger charge is -2.35. The number of aromatic nitrogens is 3. The largest absolute Gasteiger partial charge is 0.368 e. The van der Waals surface area contributed by atoms with E-state index in [4.69, 9.17) is 0 Å². The molecule has 0 unspecified atom stereocenters. The number of pyridine rings is 1. The van der Waals surface area contributed by atoms with E-state index >= 15 is 0 Å². The molecular formula is C21H24N6O3S. The number of hydrogen-bond donors (Lipinski definition) is 2. The Hall–Kier alpha value is -2.98. The van der Waals surface area contributed by atoms with E-state index in [1.54, 1.807) is 19.3 Å². The van der Waals surface area contributed by atoms with Gasteiger partial charge in [-0.1, -0.05) is 0 Å². The number of nitrogens with one attached hydrogen (secondary N) is 2. The number of hydrogen-bond acceptors (Lipinski definition) is 7. The fourth-order valence-corrected chi connectivity index (χ4v) is 5.12. The molecule has 10 heteroatoms. The fraction of sp³-hybridized carbons (Fsp3) is 0.429. The molecule has 2 N–H and O–H groups in total. The summed E-state index contributed by atoms with van der Waals surface area (Å²) >= 11 is 1.48. The van der Waals surface area contributed by atoms with Gasteiger partial charge in [-0.05, 0) is 31.0 Å². The van der Waals surface area contributed by atoms with E-state index < -0.39 is 0 Å². The summed E-state index contributed by atoms with van der Waals surface area (Å²) in [7, 11) is 1.59. The van der Waals surface area contributed by atoms with E-state index in [1.165, 1.54) is 15.9 Å². The van der Waals surface area contributed by atoms with Crippen molar-refractivity contribution in [3.63, 3.8) is 0 Å². The van der Waals surface area contributed by atoms with E-state index in [2.05, 4.69) is 25.1 Å². The predicted molar refractivity (Wildman–Crippen MR) is 120 cm³/mol. The Morgan fingerprint density at radius 3 is 2.65 bits per heavy atom. The molecule has 1 aliphatic heterocycles. The average Bonchev–Trinajstić information content (AvgIpc) is 3.53. The standard InChI is InChI=1S/C21H24N6O3S/c1-22-19(28)16-5-4-14(11-23-16)26-8-6-25(7-9-26)12-15-10-17-18(31-15)20(29)27(13-2-3-13)21(30)24-17/h4-5,10-11,13H,2-3,6-9,12H2,1H3,(H,22,28)(H,24,30). The van der Waals surface area contributed by atoms with Gasteiger partial charge in [0.1, 0.15) is 10.4 Å². The Morgan fingerprint density at radius 2 is 2.00 bits per heavy atom. The first-order chi connectivity index (χ1) is 15.0. The van der Waals surface area contributed by atoms with Crippen molar-refractivity contribution in [2.75, 3.05) is 38.1 Å². The van der Waals surface area contributed by atoms with Crippen LogP contribution in [-0.2, 0) is 6.54 Å². The molecule has 2 aliphatic rings. The first-order valence-corrected chi connectivity index (χ1v) is 11.3. The van der Waals surface area contributed by atoms with E-state index in [9.17, 15) is 14.4 Å². The van der Waals surface area contributed by atoms with Crippen LogP contribution < -0.4 is 21.5 Å². The minimum atomic E-state index is -0.297. The summed E-state index contributed by atoms with van der Waals surface area (Å²) in [6.45, 7) is 4.24. The van der Waals surface area contributed by atoms with Crippen LogP contribution in [0, 0.1) is 0 Å². The number of carbonyl (C=O) groups excluding carboxylic acids is 1. The molecule has 1 amide bonds. The molecule has 9 nitrogen and oxygen atoms in total. The third kappa shape index (κ3) is 3.88. The molecule has 1 saturated heterocycles. The van der Waals surface area contributed by atoms with Crippen LogP contribution in [-0.4, -0.2) is 58.6 Å². The van der Waals surface area contributed by atoms with Crippen LogP contribution in [0.25, 0.3) is 10.2 Å². The molecule has 0 spiro atoms. The molecule has 0 bridgehead atoms. The highest BCUT2D eigenvalue weighted by Gasteiger charge is 2.28. The summed E-state index contributed by atoms with van der Waals surface area (Å²) in [4.78, 5) is 49.4. The highest BCUT2D eigenvalue weighted by molar-refractivity contribution is 7.18. The van der Waals surface area contributed by atoms with Gasteiger partial charge in [0.05, 0.1) is 17.4 Å². The lowest BCUT2D eigenvalue weighted by molar-refractivity contribution is 0.0958. The Balaban J connectivity index is 1.25. The Morgan fingerprint density at radius 1 is 1.23 bits per heavy atom. The van der Waals surface area contributed by atoms with Gasteiger partial charge in [-0.3, -0.25) is 19.1 Å². The average molecular weight is 441 g/mol. The van der Waals surface area contributed by atoms with Crippen molar-refractivity contribution in [3.05, 3.63) is 55.8 Å². The van der Waals surface area contributed by atoms with Gasteiger partial charge in [0.2, 0.25) is 0 Å². The molecule has 162 valence electrons. The van der Waals surface area contributed by atoms with Gasteiger partial charge in [0, 0.05) is 50.7 Å². The second kappa shape index (κ2) is 7.93. The maximum Gasteiger partial charge on any atom is 0.329 e. The van der Waals surface area contributed by atoms with Gasteiger partial charge in [0.15, 0.2) is 0 Å². The van der Waals surface area contributed by atoms with E-state index in [-0.39, 0.29) is 23.2 Å². The summed E-state index contributed by atoms with van der Waals surface area (Å²) < 4.78 is 2.02. The summed E-state index contributed by atoms with van der Waals surface area (Å²) in [5.41, 5.74) is 1.61. The summed E-state index contributed by atoms with van der Waals surface area (Å²) in [5.74, 6) is -0.190. The number of thiophene rings is 1. The number of amides is 1. The summed E-state index contributed by atoms with van der Waals surface area (Å²) in [6.07, 6.45) is 3.55. The number of carbonyl (C=O) groups is 1. The van der Waals surface area contributed by atoms with Crippen molar-refractivity contribution in [2.45, 2.75) is 25.4 Å². The van der Waals surface area contributed by atoms with E-state index in [0.717, 1.165) is 56.1 Å². The molecule has 3 aromatic rings. The molecule has 2 fully saturated rings. The van der Waals surface area contributed by atoms with E-state index in [0.29, 0.717) is 15.9 Å². The molecule has 0 aromatic carbocycles. The summed E-state index contributed by atoms with van der Waals surface area (Å²) in [5, 5.41) is 2.58. The van der Waals surface area contributed by atoms with Crippen LogP contribution >= 0.6 is 11.3 Å². The van der Waals surface area contributed by atoms with Gasteiger partial charge < -0.3 is 15.2 Å². The maximum absolute atomic E-state index is 12.7. The van der Waals surface area contributed by atoms with Crippen LogP contribution in [0.3, 0.4) is 0 Å². The lowest BCUT2D eigenvalue weighted by Crippen LogP contribution is -2.45. The van der Waals surface area contributed by atoms with Crippen LogP contribution in [0.4, 0.5) is 5.69 Å². The minimum Gasteiger partial charge on any atom is -0.368 e. The summed E-state index contributed by atoms with van der Waals surface area (Å²) in [6, 6.07) is 5.68.